The number of nitrogens with zero attached hydrogens (tertiary/aromatic N) is 6. The van der Waals surface area contributed by atoms with Crippen LogP contribution in [0.5, 0.6) is 0 Å². The van der Waals surface area contributed by atoms with Gasteiger partial charge in [-0.1, -0.05) is 0 Å². The summed E-state index contributed by atoms with van der Waals surface area (Å²) >= 11 is 0. The van der Waals surface area contributed by atoms with E-state index in [1.807, 2.05) is 28.7 Å². The number of aliphatic hydroxyl groups is 1. The number of hydrogen-bond donors (Lipinski definition) is 1. The third-order valence-corrected chi connectivity index (χ3v) is 5.99. The molecular formula is C19H22N6O2. The molecule has 140 valence electrons. The third-order valence-electron chi connectivity index (χ3n) is 5.99. The zero-order chi connectivity index (χ0) is 18.5. The topological polar surface area (TPSA) is 88.5 Å². The Morgan fingerprint density at radius 2 is 2.07 bits per heavy atom. The van der Waals surface area contributed by atoms with Gasteiger partial charge in [0, 0.05) is 43.9 Å². The Bertz CT molecular complexity index is 981. The van der Waals surface area contributed by atoms with Gasteiger partial charge >= 0.3 is 0 Å². The van der Waals surface area contributed by atoms with Crippen LogP contribution in [0.15, 0.2) is 37.2 Å². The van der Waals surface area contributed by atoms with Crippen LogP contribution in [0.4, 0.5) is 0 Å². The summed E-state index contributed by atoms with van der Waals surface area (Å²) < 4.78 is 3.65. The Kier molecular flexibility index (Phi) is 3.75. The Hall–Kier alpha value is -2.74. The lowest BCUT2D eigenvalue weighted by Crippen LogP contribution is -2.35. The largest absolute Gasteiger partial charge is 0.391 e. The third kappa shape index (κ3) is 2.80. The van der Waals surface area contributed by atoms with Crippen molar-refractivity contribution in [1.82, 2.24) is 29.0 Å². The van der Waals surface area contributed by atoms with Crippen LogP contribution >= 0.6 is 0 Å². The number of aryl methyl sites for hydroxylation is 1. The van der Waals surface area contributed by atoms with E-state index in [0.29, 0.717) is 30.4 Å². The van der Waals surface area contributed by atoms with Crippen LogP contribution in [0.2, 0.25) is 0 Å². The zero-order valence-corrected chi connectivity index (χ0v) is 15.1. The quantitative estimate of drug-likeness (QED) is 0.739. The van der Waals surface area contributed by atoms with Crippen molar-refractivity contribution in [3.05, 3.63) is 48.4 Å². The van der Waals surface area contributed by atoms with Crippen molar-refractivity contribution in [3.63, 3.8) is 0 Å². The van der Waals surface area contributed by atoms with Crippen molar-refractivity contribution in [3.8, 4) is 0 Å². The Balaban J connectivity index is 1.34. The average Bonchev–Trinajstić information content (AvgIpc) is 3.37. The number of aromatic nitrogens is 5. The molecule has 1 N–H and O–H groups in total. The minimum absolute atomic E-state index is 0.0133. The van der Waals surface area contributed by atoms with Gasteiger partial charge < -0.3 is 14.6 Å². The lowest BCUT2D eigenvalue weighted by atomic mass is 9.77. The van der Waals surface area contributed by atoms with E-state index < -0.39 is 6.10 Å². The van der Waals surface area contributed by atoms with Crippen LogP contribution in [0, 0.1) is 18.8 Å². The van der Waals surface area contributed by atoms with Crippen LogP contribution < -0.4 is 0 Å². The molecule has 5 rings (SSSR count). The van der Waals surface area contributed by atoms with E-state index in [9.17, 15) is 9.90 Å². The van der Waals surface area contributed by atoms with Crippen LogP contribution in [-0.4, -0.2) is 59.3 Å². The molecule has 2 fully saturated rings. The van der Waals surface area contributed by atoms with Crippen LogP contribution in [0.25, 0.3) is 5.65 Å². The molecular weight excluding hydrogens is 344 g/mol. The van der Waals surface area contributed by atoms with E-state index in [0.717, 1.165) is 24.3 Å². The molecule has 3 aromatic heterocycles. The van der Waals surface area contributed by atoms with Crippen molar-refractivity contribution in [2.24, 2.45) is 11.8 Å². The molecule has 1 amide bonds. The van der Waals surface area contributed by atoms with Crippen molar-refractivity contribution in [2.45, 2.75) is 31.9 Å². The van der Waals surface area contributed by atoms with Gasteiger partial charge in [-0.15, -0.1) is 0 Å². The normalized spacial score (nSPS) is 27.9. The first-order valence-electron chi connectivity index (χ1n) is 9.35. The minimum Gasteiger partial charge on any atom is -0.391 e. The number of carbonyl (C=O) groups excluding carboxylic acids is 1. The van der Waals surface area contributed by atoms with Crippen molar-refractivity contribution in [2.75, 3.05) is 13.1 Å². The van der Waals surface area contributed by atoms with E-state index >= 15 is 0 Å². The predicted molar refractivity (Wildman–Crippen MR) is 97.1 cm³/mol. The number of aliphatic hydroxyl groups excluding tert-OH is 1. The van der Waals surface area contributed by atoms with Gasteiger partial charge in [-0.25, -0.2) is 14.5 Å². The van der Waals surface area contributed by atoms with Crippen LogP contribution in [-0.2, 0) is 0 Å². The Morgan fingerprint density at radius 3 is 2.85 bits per heavy atom. The minimum atomic E-state index is -0.402. The molecule has 27 heavy (non-hydrogen) atoms. The van der Waals surface area contributed by atoms with E-state index in [4.69, 9.17) is 0 Å². The van der Waals surface area contributed by atoms with Crippen molar-refractivity contribution in [1.29, 1.82) is 0 Å². The fraction of sp³-hybridized carbons (Fsp3) is 0.474. The second-order valence-corrected chi connectivity index (χ2v) is 7.78. The summed E-state index contributed by atoms with van der Waals surface area (Å²) in [6.07, 6.45) is 9.96. The molecule has 2 aliphatic rings. The summed E-state index contributed by atoms with van der Waals surface area (Å²) in [5.74, 6) is 0.723. The molecule has 3 aromatic rings. The first kappa shape index (κ1) is 16.4. The predicted octanol–water partition coefficient (Wildman–Crippen LogP) is 1.32. The summed E-state index contributed by atoms with van der Waals surface area (Å²) in [5, 5.41) is 14.9. The Labute approximate surface area is 156 Å². The summed E-state index contributed by atoms with van der Waals surface area (Å²) in [6, 6.07) is 1.92. The number of amides is 1. The second-order valence-electron chi connectivity index (χ2n) is 7.78. The monoisotopic (exact) mass is 366 g/mol. The van der Waals surface area contributed by atoms with Gasteiger partial charge in [-0.05, 0) is 31.6 Å². The zero-order valence-electron chi connectivity index (χ0n) is 15.1. The molecule has 1 saturated carbocycles. The summed E-state index contributed by atoms with van der Waals surface area (Å²) in [4.78, 5) is 23.3. The maximum absolute atomic E-state index is 13.0. The second kappa shape index (κ2) is 6.16. The highest BCUT2D eigenvalue weighted by molar-refractivity contribution is 5.94. The first-order chi connectivity index (χ1) is 13.1. The Morgan fingerprint density at radius 1 is 1.26 bits per heavy atom. The van der Waals surface area contributed by atoms with Crippen LogP contribution in [0.3, 0.4) is 0 Å². The number of fused-ring (bicyclic) bond motifs is 2. The van der Waals surface area contributed by atoms with Crippen molar-refractivity contribution < 1.29 is 9.90 Å². The number of rotatable bonds is 2. The molecule has 4 atom stereocenters. The molecule has 8 heteroatoms. The van der Waals surface area contributed by atoms with Gasteiger partial charge in [0.05, 0.1) is 29.7 Å². The van der Waals surface area contributed by atoms with Gasteiger partial charge in [0.2, 0.25) is 0 Å². The highest BCUT2D eigenvalue weighted by Gasteiger charge is 2.43. The lowest BCUT2D eigenvalue weighted by molar-refractivity contribution is 0.0357. The first-order valence-corrected chi connectivity index (χ1v) is 9.35. The van der Waals surface area contributed by atoms with Crippen molar-refractivity contribution >= 4 is 11.6 Å². The number of likely N-dealkylation sites (tertiary alicyclic amines) is 1. The standard InChI is InChI=1S/C19H22N6O2/c1-12-4-18-21-7-15(10-25(18)22-12)19(27)24-8-13-5-16(23-3-2-20-11-23)17(26)6-14(13)9-24/h2-4,7,10-11,13-14,16-17,26H,5-6,8-9H2,1H3/t13-,14+,16-,17-/m1/s1. The van der Waals surface area contributed by atoms with Gasteiger partial charge in [-0.2, -0.15) is 5.10 Å². The summed E-state index contributed by atoms with van der Waals surface area (Å²) in [7, 11) is 0. The van der Waals surface area contributed by atoms with Gasteiger partial charge in [-0.3, -0.25) is 4.79 Å². The fourth-order valence-corrected chi connectivity index (χ4v) is 4.65. The average molecular weight is 366 g/mol. The SMILES string of the molecule is Cc1cc2ncc(C(=O)N3C[C@H]4C[C@@H](n5ccnc5)[C@H](O)C[C@H]4C3)cn2n1. The van der Waals surface area contributed by atoms with Gasteiger partial charge in [0.1, 0.15) is 0 Å². The molecule has 0 bridgehead atoms. The number of imidazole rings is 1. The molecule has 0 radical (unpaired) electrons. The maximum Gasteiger partial charge on any atom is 0.257 e. The van der Waals surface area contributed by atoms with E-state index in [1.54, 1.807) is 29.4 Å². The smallest absolute Gasteiger partial charge is 0.257 e. The van der Waals surface area contributed by atoms with E-state index in [2.05, 4.69) is 15.1 Å². The molecule has 0 spiro atoms. The van der Waals surface area contributed by atoms with E-state index in [1.165, 1.54) is 0 Å². The lowest BCUT2D eigenvalue weighted by Gasteiger charge is -2.35. The van der Waals surface area contributed by atoms with Crippen LogP contribution in [0.1, 0.15) is 34.9 Å². The highest BCUT2D eigenvalue weighted by Crippen LogP contribution is 2.41. The summed E-state index contributed by atoms with van der Waals surface area (Å²) in [5.41, 5.74) is 2.17. The van der Waals surface area contributed by atoms with Gasteiger partial charge in [0.15, 0.2) is 5.65 Å². The molecule has 8 nitrogen and oxygen atoms in total. The fourth-order valence-electron chi connectivity index (χ4n) is 4.65. The molecule has 1 saturated heterocycles. The summed E-state index contributed by atoms with van der Waals surface area (Å²) in [6.45, 7) is 3.31. The highest BCUT2D eigenvalue weighted by atomic mass is 16.3. The molecule has 1 aliphatic heterocycles. The molecule has 1 aliphatic carbocycles. The number of carbonyl (C=O) groups is 1. The molecule has 4 heterocycles. The van der Waals surface area contributed by atoms with Gasteiger partial charge in [0.25, 0.3) is 5.91 Å². The van der Waals surface area contributed by atoms with E-state index in [-0.39, 0.29) is 11.9 Å². The molecule has 0 aromatic carbocycles. The molecule has 0 unspecified atom stereocenters. The maximum atomic E-state index is 13.0. The number of hydrogen-bond acceptors (Lipinski definition) is 5.